The van der Waals surface area contributed by atoms with Gasteiger partial charge < -0.3 is 10.5 Å². The molecule has 1 aliphatic heterocycles. The highest BCUT2D eigenvalue weighted by atomic mass is 16.5. The summed E-state index contributed by atoms with van der Waals surface area (Å²) in [6, 6.07) is 0. The molecule has 0 radical (unpaired) electrons. The summed E-state index contributed by atoms with van der Waals surface area (Å²) in [5.74, 6) is 1.64. The van der Waals surface area contributed by atoms with Gasteiger partial charge in [-0.3, -0.25) is 0 Å². The molecule has 2 atom stereocenters. The van der Waals surface area contributed by atoms with E-state index in [2.05, 4.69) is 6.92 Å². The van der Waals surface area contributed by atoms with E-state index in [0.717, 1.165) is 25.0 Å². The van der Waals surface area contributed by atoms with Gasteiger partial charge in [0.2, 0.25) is 0 Å². The second kappa shape index (κ2) is 5.50. The Hall–Kier alpha value is -0.0800. The van der Waals surface area contributed by atoms with Crippen LogP contribution in [-0.4, -0.2) is 18.8 Å². The van der Waals surface area contributed by atoms with Crippen LogP contribution in [-0.2, 0) is 4.74 Å². The Bertz CT molecular complexity index is 205. The summed E-state index contributed by atoms with van der Waals surface area (Å²) in [4.78, 5) is 0. The van der Waals surface area contributed by atoms with Crippen molar-refractivity contribution in [3.63, 3.8) is 0 Å². The Morgan fingerprint density at radius 1 is 1.31 bits per heavy atom. The highest BCUT2D eigenvalue weighted by Crippen LogP contribution is 2.43. The predicted molar refractivity (Wildman–Crippen MR) is 67.3 cm³/mol. The summed E-state index contributed by atoms with van der Waals surface area (Å²) in [7, 11) is 0. The monoisotopic (exact) mass is 225 g/mol. The SMILES string of the molecule is CC(CCN)C1CCOC2(CCCCC2)C1. The quantitative estimate of drug-likeness (QED) is 0.801. The molecule has 2 nitrogen and oxygen atoms in total. The molecule has 2 unspecified atom stereocenters. The summed E-state index contributed by atoms with van der Waals surface area (Å²) < 4.78 is 6.13. The summed E-state index contributed by atoms with van der Waals surface area (Å²) in [6.45, 7) is 4.20. The summed E-state index contributed by atoms with van der Waals surface area (Å²) in [6.07, 6.45) is 10.5. The Kier molecular flexibility index (Phi) is 4.26. The van der Waals surface area contributed by atoms with Crippen molar-refractivity contribution in [3.05, 3.63) is 0 Å². The van der Waals surface area contributed by atoms with Gasteiger partial charge in [0.1, 0.15) is 0 Å². The Morgan fingerprint density at radius 3 is 2.75 bits per heavy atom. The van der Waals surface area contributed by atoms with E-state index < -0.39 is 0 Å². The molecule has 16 heavy (non-hydrogen) atoms. The van der Waals surface area contributed by atoms with Crippen molar-refractivity contribution in [2.24, 2.45) is 17.6 Å². The first kappa shape index (κ1) is 12.4. The van der Waals surface area contributed by atoms with E-state index in [1.54, 1.807) is 0 Å². The third kappa shape index (κ3) is 2.78. The standard InChI is InChI=1S/C14H27NO/c1-12(5-9-15)13-6-10-16-14(11-13)7-3-2-4-8-14/h12-13H,2-11,15H2,1H3. The molecule has 1 saturated heterocycles. The topological polar surface area (TPSA) is 35.2 Å². The molecule has 0 amide bonds. The van der Waals surface area contributed by atoms with Gasteiger partial charge >= 0.3 is 0 Å². The molecule has 2 N–H and O–H groups in total. The molecule has 1 heterocycles. The molecule has 2 aliphatic rings. The molecule has 2 rings (SSSR count). The lowest BCUT2D eigenvalue weighted by Crippen LogP contribution is -2.43. The average Bonchev–Trinajstić information content (AvgIpc) is 2.30. The number of nitrogens with two attached hydrogens (primary N) is 1. The highest BCUT2D eigenvalue weighted by molar-refractivity contribution is 4.90. The smallest absolute Gasteiger partial charge is 0.0685 e. The largest absolute Gasteiger partial charge is 0.375 e. The van der Waals surface area contributed by atoms with Crippen LogP contribution in [0.2, 0.25) is 0 Å². The van der Waals surface area contributed by atoms with Crippen LogP contribution >= 0.6 is 0 Å². The molecule has 0 aromatic rings. The summed E-state index contributed by atoms with van der Waals surface area (Å²) in [5, 5.41) is 0. The number of hydrogen-bond donors (Lipinski definition) is 1. The minimum atomic E-state index is 0.268. The van der Waals surface area contributed by atoms with E-state index in [9.17, 15) is 0 Å². The molecule has 1 aliphatic carbocycles. The van der Waals surface area contributed by atoms with Crippen LogP contribution in [0.1, 0.15) is 58.3 Å². The molecule has 1 spiro atoms. The second-order valence-corrected chi connectivity index (χ2v) is 5.90. The average molecular weight is 225 g/mol. The lowest BCUT2D eigenvalue weighted by molar-refractivity contribution is -0.124. The van der Waals surface area contributed by atoms with E-state index in [-0.39, 0.29) is 5.60 Å². The molecule has 0 aromatic carbocycles. The minimum absolute atomic E-state index is 0.268. The van der Waals surface area contributed by atoms with Gasteiger partial charge in [0.05, 0.1) is 5.60 Å². The van der Waals surface area contributed by atoms with Crippen LogP contribution in [0, 0.1) is 11.8 Å². The second-order valence-electron chi connectivity index (χ2n) is 5.90. The third-order valence-electron chi connectivity index (χ3n) is 4.72. The number of ether oxygens (including phenoxy) is 1. The van der Waals surface area contributed by atoms with Crippen LogP contribution in [0.25, 0.3) is 0 Å². The Labute approximate surface area is 99.9 Å². The molecule has 94 valence electrons. The summed E-state index contributed by atoms with van der Waals surface area (Å²) >= 11 is 0. The molecule has 0 aromatic heterocycles. The molecular weight excluding hydrogens is 198 g/mol. The maximum Gasteiger partial charge on any atom is 0.0685 e. The normalized spacial score (nSPS) is 31.5. The number of rotatable bonds is 3. The van der Waals surface area contributed by atoms with Crippen molar-refractivity contribution in [2.45, 2.75) is 63.9 Å². The van der Waals surface area contributed by atoms with E-state index >= 15 is 0 Å². The zero-order valence-electron chi connectivity index (χ0n) is 10.7. The van der Waals surface area contributed by atoms with Crippen LogP contribution in [0.15, 0.2) is 0 Å². The van der Waals surface area contributed by atoms with Gasteiger partial charge in [0.25, 0.3) is 0 Å². The van der Waals surface area contributed by atoms with Crippen molar-refractivity contribution in [1.82, 2.24) is 0 Å². The molecule has 2 heteroatoms. The van der Waals surface area contributed by atoms with Gasteiger partial charge in [-0.1, -0.05) is 26.2 Å². The predicted octanol–water partition coefficient (Wildman–Crippen LogP) is 3.10. The molecule has 0 bridgehead atoms. The van der Waals surface area contributed by atoms with Crippen LogP contribution in [0.5, 0.6) is 0 Å². The first-order valence-corrected chi connectivity index (χ1v) is 7.10. The fourth-order valence-electron chi connectivity index (χ4n) is 3.59. The van der Waals surface area contributed by atoms with Crippen molar-refractivity contribution < 1.29 is 4.74 Å². The molecule has 2 fully saturated rings. The minimum Gasteiger partial charge on any atom is -0.375 e. The van der Waals surface area contributed by atoms with Gasteiger partial charge in [-0.05, 0) is 50.5 Å². The van der Waals surface area contributed by atoms with E-state index in [0.29, 0.717) is 0 Å². The Morgan fingerprint density at radius 2 is 2.06 bits per heavy atom. The van der Waals surface area contributed by atoms with Crippen molar-refractivity contribution >= 4 is 0 Å². The van der Waals surface area contributed by atoms with E-state index in [1.165, 1.54) is 51.4 Å². The van der Waals surface area contributed by atoms with Gasteiger partial charge in [0.15, 0.2) is 0 Å². The third-order valence-corrected chi connectivity index (χ3v) is 4.72. The molecular formula is C14H27NO. The van der Waals surface area contributed by atoms with Crippen LogP contribution in [0.3, 0.4) is 0 Å². The van der Waals surface area contributed by atoms with Gasteiger partial charge in [-0.25, -0.2) is 0 Å². The van der Waals surface area contributed by atoms with Gasteiger partial charge in [0, 0.05) is 6.61 Å². The van der Waals surface area contributed by atoms with Gasteiger partial charge in [-0.2, -0.15) is 0 Å². The maximum atomic E-state index is 6.13. The van der Waals surface area contributed by atoms with E-state index in [1.807, 2.05) is 0 Å². The first-order chi connectivity index (χ1) is 7.76. The summed E-state index contributed by atoms with van der Waals surface area (Å²) in [5.41, 5.74) is 5.94. The number of hydrogen-bond acceptors (Lipinski definition) is 2. The zero-order chi connectivity index (χ0) is 11.4. The highest BCUT2D eigenvalue weighted by Gasteiger charge is 2.39. The first-order valence-electron chi connectivity index (χ1n) is 7.10. The van der Waals surface area contributed by atoms with Crippen molar-refractivity contribution in [2.75, 3.05) is 13.2 Å². The maximum absolute atomic E-state index is 6.13. The van der Waals surface area contributed by atoms with E-state index in [4.69, 9.17) is 10.5 Å². The van der Waals surface area contributed by atoms with Crippen LogP contribution in [0.4, 0.5) is 0 Å². The lowest BCUT2D eigenvalue weighted by Gasteiger charge is -2.45. The zero-order valence-corrected chi connectivity index (χ0v) is 10.7. The fourth-order valence-corrected chi connectivity index (χ4v) is 3.59. The van der Waals surface area contributed by atoms with Crippen molar-refractivity contribution in [3.8, 4) is 0 Å². The lowest BCUT2D eigenvalue weighted by atomic mass is 9.72. The van der Waals surface area contributed by atoms with Crippen LogP contribution < -0.4 is 5.73 Å². The van der Waals surface area contributed by atoms with Gasteiger partial charge in [-0.15, -0.1) is 0 Å². The van der Waals surface area contributed by atoms with Crippen molar-refractivity contribution in [1.29, 1.82) is 0 Å². The molecule has 1 saturated carbocycles. The Balaban J connectivity index is 1.92. The fraction of sp³-hybridized carbons (Fsp3) is 1.00.